The number of hydrogen-bond acceptors (Lipinski definition) is 5. The van der Waals surface area contributed by atoms with Gasteiger partial charge in [0.15, 0.2) is 11.5 Å². The van der Waals surface area contributed by atoms with Gasteiger partial charge >= 0.3 is 5.97 Å². The normalized spacial score (nSPS) is 22.4. The van der Waals surface area contributed by atoms with Crippen LogP contribution in [-0.2, 0) is 4.79 Å². The zero-order chi connectivity index (χ0) is 16.6. The highest BCUT2D eigenvalue weighted by Gasteiger charge is 2.36. The number of aliphatic carboxylic acids is 1. The maximum Gasteiger partial charge on any atom is 0.317 e. The summed E-state index contributed by atoms with van der Waals surface area (Å²) in [5.41, 5.74) is 0.0236. The minimum absolute atomic E-state index is 0.0909. The van der Waals surface area contributed by atoms with Crippen LogP contribution in [0.4, 0.5) is 0 Å². The third-order valence-corrected chi connectivity index (χ3v) is 4.38. The molecular formula is C15H17ClN2O5. The van der Waals surface area contributed by atoms with Gasteiger partial charge in [-0.05, 0) is 25.5 Å². The maximum absolute atomic E-state index is 12.7. The predicted molar refractivity (Wildman–Crippen MR) is 82.1 cm³/mol. The summed E-state index contributed by atoms with van der Waals surface area (Å²) in [7, 11) is 0. The number of ether oxygens (including phenoxy) is 2. The maximum atomic E-state index is 12.7. The number of amides is 1. The Hall–Kier alpha value is -1.99. The molecule has 8 heteroatoms. The summed E-state index contributed by atoms with van der Waals surface area (Å²) in [6.45, 7) is 2.86. The molecule has 2 heterocycles. The molecule has 3 rings (SSSR count). The Morgan fingerprint density at radius 3 is 2.96 bits per heavy atom. The molecule has 0 saturated carbocycles. The smallest absolute Gasteiger partial charge is 0.317 e. The number of carbonyl (C=O) groups is 2. The lowest BCUT2D eigenvalue weighted by molar-refractivity contribution is -0.136. The van der Waals surface area contributed by atoms with Crippen LogP contribution in [0.2, 0.25) is 5.02 Å². The Balaban J connectivity index is 1.72. The molecule has 0 aliphatic carbocycles. The standard InChI is InChI=1S/C15H17ClN2O5/c1-15(17-6-12(19)20)2-3-18(7-15)14(21)9-4-10(16)13-11(5-9)22-8-23-13/h4-5,17H,2-3,6-8H2,1H3,(H,19,20)/t15-/m0/s1. The molecular weight excluding hydrogens is 324 g/mol. The molecule has 2 aliphatic heterocycles. The Bertz CT molecular complexity index is 666. The van der Waals surface area contributed by atoms with Crippen LogP contribution < -0.4 is 14.8 Å². The fraction of sp³-hybridized carbons (Fsp3) is 0.467. The first-order valence-corrected chi connectivity index (χ1v) is 7.61. The van der Waals surface area contributed by atoms with E-state index < -0.39 is 11.5 Å². The molecule has 1 amide bonds. The van der Waals surface area contributed by atoms with Crippen molar-refractivity contribution in [3.8, 4) is 11.5 Å². The fourth-order valence-corrected chi connectivity index (χ4v) is 3.11. The Morgan fingerprint density at radius 2 is 2.22 bits per heavy atom. The summed E-state index contributed by atoms with van der Waals surface area (Å²) in [5.74, 6) is -0.158. The molecule has 0 aromatic heterocycles. The van der Waals surface area contributed by atoms with Crippen molar-refractivity contribution in [2.75, 3.05) is 26.4 Å². The quantitative estimate of drug-likeness (QED) is 0.860. The molecule has 2 aliphatic rings. The number of hydrogen-bond donors (Lipinski definition) is 2. The molecule has 1 aromatic carbocycles. The first-order chi connectivity index (χ1) is 10.9. The molecule has 23 heavy (non-hydrogen) atoms. The lowest BCUT2D eigenvalue weighted by Gasteiger charge is -2.25. The fourth-order valence-electron chi connectivity index (χ4n) is 2.84. The largest absolute Gasteiger partial charge is 0.480 e. The number of fused-ring (bicyclic) bond motifs is 1. The zero-order valence-electron chi connectivity index (χ0n) is 12.6. The van der Waals surface area contributed by atoms with E-state index in [1.165, 1.54) is 0 Å². The first-order valence-electron chi connectivity index (χ1n) is 7.23. The predicted octanol–water partition coefficient (Wildman–Crippen LogP) is 1.35. The van der Waals surface area contributed by atoms with Crippen LogP contribution in [0.25, 0.3) is 0 Å². The number of halogens is 1. The summed E-state index contributed by atoms with van der Waals surface area (Å²) < 4.78 is 10.5. The van der Waals surface area contributed by atoms with Gasteiger partial charge in [-0.15, -0.1) is 0 Å². The summed E-state index contributed by atoms with van der Waals surface area (Å²) in [6, 6.07) is 3.19. The molecule has 1 atom stereocenters. The van der Waals surface area contributed by atoms with Crippen molar-refractivity contribution in [1.29, 1.82) is 0 Å². The summed E-state index contributed by atoms with van der Waals surface area (Å²) in [4.78, 5) is 25.0. The van der Waals surface area contributed by atoms with Crippen LogP contribution in [0.1, 0.15) is 23.7 Å². The van der Waals surface area contributed by atoms with E-state index in [1.54, 1.807) is 17.0 Å². The summed E-state index contributed by atoms with van der Waals surface area (Å²) in [6.07, 6.45) is 0.685. The Morgan fingerprint density at radius 1 is 1.43 bits per heavy atom. The lowest BCUT2D eigenvalue weighted by Crippen LogP contribution is -2.47. The molecule has 1 fully saturated rings. The minimum Gasteiger partial charge on any atom is -0.480 e. The van der Waals surface area contributed by atoms with Crippen molar-refractivity contribution in [3.05, 3.63) is 22.7 Å². The SMILES string of the molecule is C[C@]1(NCC(=O)O)CCN(C(=O)c2cc(Cl)c3c(c2)OCO3)C1. The Kier molecular flexibility index (Phi) is 4.08. The second kappa shape index (κ2) is 5.90. The molecule has 0 bridgehead atoms. The zero-order valence-corrected chi connectivity index (χ0v) is 13.4. The second-order valence-corrected chi connectivity index (χ2v) is 6.38. The average molecular weight is 341 g/mol. The van der Waals surface area contributed by atoms with Gasteiger partial charge in [-0.3, -0.25) is 14.9 Å². The number of likely N-dealkylation sites (tertiary alicyclic amines) is 1. The summed E-state index contributed by atoms with van der Waals surface area (Å²) in [5, 5.41) is 12.1. The number of nitrogens with zero attached hydrogens (tertiary/aromatic N) is 1. The number of carboxylic acids is 1. The molecule has 2 N–H and O–H groups in total. The Labute approximate surface area is 138 Å². The van der Waals surface area contributed by atoms with Crippen LogP contribution in [-0.4, -0.2) is 53.8 Å². The molecule has 0 spiro atoms. The van der Waals surface area contributed by atoms with E-state index in [2.05, 4.69) is 5.32 Å². The molecule has 7 nitrogen and oxygen atoms in total. The first kappa shape index (κ1) is 15.9. The van der Waals surface area contributed by atoms with Crippen LogP contribution in [0, 0.1) is 0 Å². The van der Waals surface area contributed by atoms with Gasteiger partial charge in [0, 0.05) is 24.2 Å². The highest BCUT2D eigenvalue weighted by atomic mass is 35.5. The van der Waals surface area contributed by atoms with Crippen molar-refractivity contribution in [3.63, 3.8) is 0 Å². The molecule has 0 unspecified atom stereocenters. The number of rotatable bonds is 4. The van der Waals surface area contributed by atoms with Crippen molar-refractivity contribution in [1.82, 2.24) is 10.2 Å². The molecule has 1 saturated heterocycles. The third kappa shape index (κ3) is 3.20. The third-order valence-electron chi connectivity index (χ3n) is 4.10. The highest BCUT2D eigenvalue weighted by Crippen LogP contribution is 2.40. The van der Waals surface area contributed by atoms with Crippen LogP contribution >= 0.6 is 11.6 Å². The van der Waals surface area contributed by atoms with Crippen LogP contribution in [0.3, 0.4) is 0 Å². The topological polar surface area (TPSA) is 88.1 Å². The van der Waals surface area contributed by atoms with E-state index in [0.29, 0.717) is 41.6 Å². The van der Waals surface area contributed by atoms with Crippen LogP contribution in [0.15, 0.2) is 12.1 Å². The molecule has 124 valence electrons. The lowest BCUT2D eigenvalue weighted by atomic mass is 10.0. The van der Waals surface area contributed by atoms with Gasteiger partial charge < -0.3 is 19.5 Å². The van der Waals surface area contributed by atoms with Gasteiger partial charge in [-0.25, -0.2) is 0 Å². The highest BCUT2D eigenvalue weighted by molar-refractivity contribution is 6.32. The van der Waals surface area contributed by atoms with E-state index in [1.807, 2.05) is 6.92 Å². The molecule has 0 radical (unpaired) electrons. The van der Waals surface area contributed by atoms with Crippen molar-refractivity contribution < 1.29 is 24.2 Å². The van der Waals surface area contributed by atoms with E-state index >= 15 is 0 Å². The van der Waals surface area contributed by atoms with Gasteiger partial charge in [-0.1, -0.05) is 11.6 Å². The van der Waals surface area contributed by atoms with Crippen LogP contribution in [0.5, 0.6) is 11.5 Å². The van der Waals surface area contributed by atoms with Gasteiger partial charge in [0.1, 0.15) is 0 Å². The second-order valence-electron chi connectivity index (χ2n) is 5.98. The number of benzene rings is 1. The monoisotopic (exact) mass is 340 g/mol. The van der Waals surface area contributed by atoms with E-state index in [9.17, 15) is 9.59 Å². The number of carbonyl (C=O) groups excluding carboxylic acids is 1. The van der Waals surface area contributed by atoms with Gasteiger partial charge in [0.25, 0.3) is 5.91 Å². The van der Waals surface area contributed by atoms with E-state index in [0.717, 1.165) is 0 Å². The van der Waals surface area contributed by atoms with E-state index in [4.69, 9.17) is 26.2 Å². The van der Waals surface area contributed by atoms with Crippen molar-refractivity contribution in [2.24, 2.45) is 0 Å². The number of carboxylic acid groups (broad SMARTS) is 1. The summed E-state index contributed by atoms with van der Waals surface area (Å²) >= 11 is 6.11. The van der Waals surface area contributed by atoms with Gasteiger partial charge in [0.2, 0.25) is 6.79 Å². The average Bonchev–Trinajstić information content (AvgIpc) is 3.12. The van der Waals surface area contributed by atoms with Gasteiger partial charge in [0.05, 0.1) is 11.6 Å². The minimum atomic E-state index is -0.918. The van der Waals surface area contributed by atoms with Crippen molar-refractivity contribution >= 4 is 23.5 Å². The van der Waals surface area contributed by atoms with Crippen molar-refractivity contribution in [2.45, 2.75) is 18.9 Å². The van der Waals surface area contributed by atoms with E-state index in [-0.39, 0.29) is 19.2 Å². The number of nitrogens with one attached hydrogen (secondary N) is 1. The molecule has 1 aromatic rings. The van der Waals surface area contributed by atoms with Gasteiger partial charge in [-0.2, -0.15) is 0 Å².